The Morgan fingerprint density at radius 1 is 1.36 bits per heavy atom. The number of ether oxygens (including phenoxy) is 2. The highest BCUT2D eigenvalue weighted by Gasteiger charge is 2.14. The third-order valence-corrected chi connectivity index (χ3v) is 2.26. The van der Waals surface area contributed by atoms with Crippen molar-refractivity contribution in [2.75, 3.05) is 6.79 Å². The second kappa shape index (κ2) is 4.53. The predicted octanol–water partition coefficient (Wildman–Crippen LogP) is 2.25. The van der Waals surface area contributed by atoms with Crippen molar-refractivity contribution in [3.8, 4) is 11.5 Å². The first kappa shape index (κ1) is 11.1. The molecule has 0 aliphatic carbocycles. The van der Waals surface area contributed by atoms with Gasteiger partial charge in [0.15, 0.2) is 11.5 Å². The predicted molar refractivity (Wildman–Crippen MR) is 57.0 cm³/mol. The van der Waals surface area contributed by atoms with Crippen LogP contribution in [0.2, 0.25) is 0 Å². The van der Waals surface area contributed by atoms with Crippen LogP contribution in [0.5, 0.6) is 11.5 Å². The lowest BCUT2D eigenvalue weighted by atomic mass is 10.1. The van der Waals surface area contributed by atoms with E-state index in [9.17, 15) is 0 Å². The van der Waals surface area contributed by atoms with Crippen LogP contribution in [0.15, 0.2) is 18.2 Å². The minimum absolute atomic E-state index is 0. The Kier molecular flexibility index (Phi) is 3.61. The Morgan fingerprint density at radius 2 is 2.07 bits per heavy atom. The van der Waals surface area contributed by atoms with Crippen LogP contribution in [0, 0.1) is 0 Å². The molecular formula is C10H14ClNO2. The smallest absolute Gasteiger partial charge is 0.231 e. The molecule has 2 N–H and O–H groups in total. The molecule has 1 aliphatic heterocycles. The van der Waals surface area contributed by atoms with E-state index in [0.717, 1.165) is 23.5 Å². The summed E-state index contributed by atoms with van der Waals surface area (Å²) in [4.78, 5) is 0. The average Bonchev–Trinajstić information content (AvgIpc) is 2.63. The van der Waals surface area contributed by atoms with Crippen molar-refractivity contribution in [1.29, 1.82) is 0 Å². The molecule has 1 atom stereocenters. The zero-order valence-electron chi connectivity index (χ0n) is 8.03. The van der Waals surface area contributed by atoms with Gasteiger partial charge >= 0.3 is 0 Å². The first-order chi connectivity index (χ1) is 6.31. The van der Waals surface area contributed by atoms with Crippen LogP contribution in [0.1, 0.15) is 24.9 Å². The molecule has 1 aromatic rings. The highest BCUT2D eigenvalue weighted by molar-refractivity contribution is 5.85. The molecule has 0 saturated heterocycles. The van der Waals surface area contributed by atoms with Crippen LogP contribution in [0.25, 0.3) is 0 Å². The number of hydrogen-bond donors (Lipinski definition) is 1. The van der Waals surface area contributed by atoms with Crippen molar-refractivity contribution in [3.63, 3.8) is 0 Å². The van der Waals surface area contributed by atoms with Crippen molar-refractivity contribution >= 4 is 12.4 Å². The molecule has 14 heavy (non-hydrogen) atoms. The molecule has 0 fully saturated rings. The minimum atomic E-state index is 0. The summed E-state index contributed by atoms with van der Waals surface area (Å²) < 4.78 is 10.5. The average molecular weight is 216 g/mol. The fourth-order valence-corrected chi connectivity index (χ4v) is 1.38. The molecule has 0 radical (unpaired) electrons. The van der Waals surface area contributed by atoms with Gasteiger partial charge in [0.05, 0.1) is 0 Å². The molecule has 2 rings (SSSR count). The first-order valence-corrected chi connectivity index (χ1v) is 4.46. The topological polar surface area (TPSA) is 44.5 Å². The van der Waals surface area contributed by atoms with Gasteiger partial charge in [0.25, 0.3) is 0 Å². The largest absolute Gasteiger partial charge is 0.454 e. The van der Waals surface area contributed by atoms with E-state index in [1.807, 2.05) is 18.2 Å². The maximum atomic E-state index is 5.89. The van der Waals surface area contributed by atoms with Gasteiger partial charge in [0, 0.05) is 6.04 Å². The van der Waals surface area contributed by atoms with Gasteiger partial charge in [-0.05, 0) is 24.1 Å². The van der Waals surface area contributed by atoms with Gasteiger partial charge in [-0.3, -0.25) is 0 Å². The monoisotopic (exact) mass is 215 g/mol. The summed E-state index contributed by atoms with van der Waals surface area (Å²) in [6.45, 7) is 2.38. The highest BCUT2D eigenvalue weighted by atomic mass is 35.5. The van der Waals surface area contributed by atoms with Crippen LogP contribution in [-0.4, -0.2) is 6.79 Å². The number of halogens is 1. The van der Waals surface area contributed by atoms with Crippen molar-refractivity contribution < 1.29 is 9.47 Å². The summed E-state index contributed by atoms with van der Waals surface area (Å²) >= 11 is 0. The number of rotatable bonds is 2. The molecule has 0 bridgehead atoms. The summed E-state index contributed by atoms with van der Waals surface area (Å²) in [5, 5.41) is 0. The molecule has 1 aliphatic rings. The van der Waals surface area contributed by atoms with E-state index in [-0.39, 0.29) is 18.4 Å². The Balaban J connectivity index is 0.000000980. The lowest BCUT2D eigenvalue weighted by Crippen LogP contribution is -2.08. The highest BCUT2D eigenvalue weighted by Crippen LogP contribution is 2.34. The molecule has 1 aromatic carbocycles. The lowest BCUT2D eigenvalue weighted by molar-refractivity contribution is 0.174. The van der Waals surface area contributed by atoms with Crippen LogP contribution < -0.4 is 15.2 Å². The van der Waals surface area contributed by atoms with E-state index in [1.165, 1.54) is 0 Å². The summed E-state index contributed by atoms with van der Waals surface area (Å²) in [5.41, 5.74) is 7.00. The summed E-state index contributed by atoms with van der Waals surface area (Å²) in [6, 6.07) is 5.94. The molecule has 0 unspecified atom stereocenters. The number of fused-ring (bicyclic) bond motifs is 1. The summed E-state index contributed by atoms with van der Waals surface area (Å²) in [6.07, 6.45) is 0.930. The lowest BCUT2D eigenvalue weighted by Gasteiger charge is -2.09. The van der Waals surface area contributed by atoms with Gasteiger partial charge in [-0.2, -0.15) is 0 Å². The van der Waals surface area contributed by atoms with Crippen LogP contribution in [0.3, 0.4) is 0 Å². The van der Waals surface area contributed by atoms with Gasteiger partial charge in [-0.25, -0.2) is 0 Å². The Labute approximate surface area is 89.6 Å². The molecule has 4 heteroatoms. The first-order valence-electron chi connectivity index (χ1n) is 4.46. The van der Waals surface area contributed by atoms with E-state index < -0.39 is 0 Å². The SMILES string of the molecule is CC[C@H](N)c1ccc2c(c1)OCO2.Cl. The van der Waals surface area contributed by atoms with Gasteiger partial charge in [-0.15, -0.1) is 12.4 Å². The van der Waals surface area contributed by atoms with E-state index in [2.05, 4.69) is 6.92 Å². The molecule has 0 saturated carbocycles. The normalized spacial score (nSPS) is 14.7. The molecular weight excluding hydrogens is 202 g/mol. The number of nitrogens with two attached hydrogens (primary N) is 1. The van der Waals surface area contributed by atoms with Gasteiger partial charge in [0.2, 0.25) is 6.79 Å². The zero-order valence-corrected chi connectivity index (χ0v) is 8.84. The maximum absolute atomic E-state index is 5.89. The van der Waals surface area contributed by atoms with Crippen LogP contribution in [0.4, 0.5) is 0 Å². The Morgan fingerprint density at radius 3 is 2.79 bits per heavy atom. The van der Waals surface area contributed by atoms with Gasteiger partial charge < -0.3 is 15.2 Å². The fourth-order valence-electron chi connectivity index (χ4n) is 1.38. The van der Waals surface area contributed by atoms with E-state index >= 15 is 0 Å². The fraction of sp³-hybridized carbons (Fsp3) is 0.400. The quantitative estimate of drug-likeness (QED) is 0.823. The van der Waals surface area contributed by atoms with Crippen molar-refractivity contribution in [3.05, 3.63) is 23.8 Å². The number of hydrogen-bond acceptors (Lipinski definition) is 3. The van der Waals surface area contributed by atoms with Crippen LogP contribution >= 0.6 is 12.4 Å². The molecule has 0 amide bonds. The van der Waals surface area contributed by atoms with E-state index in [4.69, 9.17) is 15.2 Å². The van der Waals surface area contributed by atoms with Crippen LogP contribution in [-0.2, 0) is 0 Å². The third kappa shape index (κ3) is 1.94. The van der Waals surface area contributed by atoms with Gasteiger partial charge in [-0.1, -0.05) is 13.0 Å². The maximum Gasteiger partial charge on any atom is 0.231 e. The molecule has 78 valence electrons. The summed E-state index contributed by atoms with van der Waals surface area (Å²) in [7, 11) is 0. The Hall–Kier alpha value is -0.930. The number of benzene rings is 1. The van der Waals surface area contributed by atoms with Crippen molar-refractivity contribution in [2.24, 2.45) is 5.73 Å². The second-order valence-electron chi connectivity index (χ2n) is 3.13. The van der Waals surface area contributed by atoms with Crippen molar-refractivity contribution in [2.45, 2.75) is 19.4 Å². The zero-order chi connectivity index (χ0) is 9.26. The molecule has 3 nitrogen and oxygen atoms in total. The van der Waals surface area contributed by atoms with Crippen molar-refractivity contribution in [1.82, 2.24) is 0 Å². The van der Waals surface area contributed by atoms with E-state index in [0.29, 0.717) is 6.79 Å². The van der Waals surface area contributed by atoms with Gasteiger partial charge in [0.1, 0.15) is 0 Å². The minimum Gasteiger partial charge on any atom is -0.454 e. The molecule has 0 aromatic heterocycles. The molecule has 1 heterocycles. The second-order valence-corrected chi connectivity index (χ2v) is 3.13. The third-order valence-electron chi connectivity index (χ3n) is 2.26. The van der Waals surface area contributed by atoms with E-state index in [1.54, 1.807) is 0 Å². The standard InChI is InChI=1S/C10H13NO2.ClH/c1-2-8(11)7-3-4-9-10(5-7)13-6-12-9;/h3-5,8H,2,6,11H2,1H3;1H/t8-;/m0./s1. The summed E-state index contributed by atoms with van der Waals surface area (Å²) in [5.74, 6) is 1.62. The molecule has 0 spiro atoms. The Bertz CT molecular complexity index is 317.